The van der Waals surface area contributed by atoms with Crippen molar-refractivity contribution in [3.05, 3.63) is 46.6 Å². The highest BCUT2D eigenvalue weighted by Gasteiger charge is 2.66. The molecule has 0 N–H and O–H groups in total. The highest BCUT2D eigenvalue weighted by Crippen LogP contribution is 2.66. The average Bonchev–Trinajstić information content (AvgIpc) is 3.34. The molecule has 1 aliphatic rings. The van der Waals surface area contributed by atoms with E-state index in [0.29, 0.717) is 28.8 Å². The molecule has 1 aromatic carbocycles. The SMILES string of the molecule is C=C(O[Si](C(C)C)(C(C)C)C(C)C)[C@@]1(C(=O)OC)C[C@H]1c1ccccc1Br. The van der Waals surface area contributed by atoms with Gasteiger partial charge in [-0.1, -0.05) is 82.3 Å². The minimum atomic E-state index is -2.18. The van der Waals surface area contributed by atoms with Gasteiger partial charge in [-0.2, -0.15) is 0 Å². The molecule has 1 saturated carbocycles. The highest BCUT2D eigenvalue weighted by atomic mass is 79.9. The first-order chi connectivity index (χ1) is 12.6. The summed E-state index contributed by atoms with van der Waals surface area (Å²) in [5.74, 6) is 0.386. The zero-order valence-corrected chi connectivity index (χ0v) is 20.2. The quantitative estimate of drug-likeness (QED) is 0.247. The van der Waals surface area contributed by atoms with Gasteiger partial charge in [-0.25, -0.2) is 0 Å². The van der Waals surface area contributed by atoms with Gasteiger partial charge in [0, 0.05) is 10.4 Å². The minimum absolute atomic E-state index is 0.0335. The normalized spacial score (nSPS) is 22.3. The van der Waals surface area contributed by atoms with Gasteiger partial charge in [-0.3, -0.25) is 4.79 Å². The third-order valence-electron chi connectivity index (χ3n) is 6.30. The lowest BCUT2D eigenvalue weighted by Gasteiger charge is -2.43. The number of carbonyl (C=O) groups is 1. The summed E-state index contributed by atoms with van der Waals surface area (Å²) >= 11 is 3.63. The van der Waals surface area contributed by atoms with Gasteiger partial charge in [0.1, 0.15) is 5.41 Å². The molecule has 0 amide bonds. The summed E-state index contributed by atoms with van der Waals surface area (Å²) in [4.78, 5) is 12.9. The molecule has 2 rings (SSSR count). The lowest BCUT2D eigenvalue weighted by Crippen LogP contribution is -2.48. The molecule has 0 saturated heterocycles. The van der Waals surface area contributed by atoms with E-state index in [2.05, 4.69) is 70.1 Å². The number of rotatable bonds is 8. The zero-order valence-electron chi connectivity index (χ0n) is 17.6. The van der Waals surface area contributed by atoms with Crippen molar-refractivity contribution in [3.63, 3.8) is 0 Å². The van der Waals surface area contributed by atoms with Gasteiger partial charge < -0.3 is 9.16 Å². The van der Waals surface area contributed by atoms with Crippen molar-refractivity contribution in [2.24, 2.45) is 5.41 Å². The summed E-state index contributed by atoms with van der Waals surface area (Å²) in [6.07, 6.45) is 0.680. The van der Waals surface area contributed by atoms with E-state index in [1.54, 1.807) is 0 Å². The first-order valence-electron chi connectivity index (χ1n) is 9.76. The Labute approximate surface area is 173 Å². The number of methoxy groups -OCH3 is 1. The van der Waals surface area contributed by atoms with Gasteiger partial charge in [-0.05, 0) is 34.7 Å². The summed E-state index contributed by atoms with van der Waals surface area (Å²) in [6, 6.07) is 8.05. The van der Waals surface area contributed by atoms with Crippen molar-refractivity contribution in [1.82, 2.24) is 0 Å². The third-order valence-corrected chi connectivity index (χ3v) is 13.0. The van der Waals surface area contributed by atoms with Crippen LogP contribution in [0.3, 0.4) is 0 Å². The van der Waals surface area contributed by atoms with Crippen LogP contribution in [-0.2, 0) is 14.0 Å². The summed E-state index contributed by atoms with van der Waals surface area (Å²) in [6.45, 7) is 17.7. The highest BCUT2D eigenvalue weighted by molar-refractivity contribution is 9.10. The van der Waals surface area contributed by atoms with E-state index in [1.807, 2.05) is 18.2 Å². The summed E-state index contributed by atoms with van der Waals surface area (Å²) in [7, 11) is -0.733. The fourth-order valence-corrected chi connectivity index (χ4v) is 10.8. The second-order valence-electron chi connectivity index (χ2n) is 8.58. The molecule has 5 heteroatoms. The van der Waals surface area contributed by atoms with E-state index in [1.165, 1.54) is 7.11 Å². The van der Waals surface area contributed by atoms with Gasteiger partial charge in [0.2, 0.25) is 0 Å². The first kappa shape index (κ1) is 22.2. The van der Waals surface area contributed by atoms with Crippen LogP contribution in [0.1, 0.15) is 59.4 Å². The Kier molecular flexibility index (Phi) is 6.68. The van der Waals surface area contributed by atoms with Crippen LogP contribution in [0.4, 0.5) is 0 Å². The fraction of sp³-hybridized carbons (Fsp3) is 0.591. The van der Waals surface area contributed by atoms with Gasteiger partial charge in [0.25, 0.3) is 8.32 Å². The average molecular weight is 453 g/mol. The number of esters is 1. The Balaban J connectivity index is 2.43. The predicted octanol–water partition coefficient (Wildman–Crippen LogP) is 6.80. The smallest absolute Gasteiger partial charge is 0.320 e. The Hall–Kier alpha value is -1.07. The maximum absolute atomic E-state index is 12.9. The molecular weight excluding hydrogens is 420 g/mol. The topological polar surface area (TPSA) is 35.5 Å². The molecule has 0 aliphatic heterocycles. The monoisotopic (exact) mass is 452 g/mol. The Morgan fingerprint density at radius 3 is 2.11 bits per heavy atom. The minimum Gasteiger partial charge on any atom is -0.545 e. The van der Waals surface area contributed by atoms with Crippen LogP contribution < -0.4 is 0 Å². The van der Waals surface area contributed by atoms with E-state index in [-0.39, 0.29) is 11.9 Å². The predicted molar refractivity (Wildman–Crippen MR) is 117 cm³/mol. The lowest BCUT2D eigenvalue weighted by molar-refractivity contribution is -0.146. The largest absolute Gasteiger partial charge is 0.545 e. The molecule has 0 aromatic heterocycles. The number of ether oxygens (including phenoxy) is 1. The van der Waals surface area contributed by atoms with E-state index >= 15 is 0 Å². The zero-order chi connectivity index (χ0) is 20.6. The van der Waals surface area contributed by atoms with Crippen LogP contribution >= 0.6 is 15.9 Å². The second-order valence-corrected chi connectivity index (χ2v) is 14.8. The number of carbonyl (C=O) groups excluding carboxylic acids is 1. The Morgan fingerprint density at radius 2 is 1.67 bits per heavy atom. The molecule has 1 aromatic rings. The Morgan fingerprint density at radius 1 is 1.15 bits per heavy atom. The van der Waals surface area contributed by atoms with Crippen molar-refractivity contribution in [1.29, 1.82) is 0 Å². The molecule has 0 bridgehead atoms. The number of halogens is 1. The first-order valence-corrected chi connectivity index (χ1v) is 12.7. The summed E-state index contributed by atoms with van der Waals surface area (Å²) in [5, 5.41) is 0. The molecular formula is C22H33BrO3Si. The van der Waals surface area contributed by atoms with Crippen LogP contribution in [0.25, 0.3) is 0 Å². The lowest BCUT2D eigenvalue weighted by atomic mass is 9.97. The number of hydrogen-bond donors (Lipinski definition) is 0. The van der Waals surface area contributed by atoms with Crippen molar-refractivity contribution in [2.75, 3.05) is 7.11 Å². The van der Waals surface area contributed by atoms with E-state index in [4.69, 9.17) is 9.16 Å². The maximum Gasteiger partial charge on any atom is 0.320 e. The van der Waals surface area contributed by atoms with Gasteiger partial charge in [0.15, 0.2) is 0 Å². The third kappa shape index (κ3) is 3.65. The van der Waals surface area contributed by atoms with Crippen molar-refractivity contribution < 1.29 is 14.0 Å². The van der Waals surface area contributed by atoms with Crippen molar-refractivity contribution in [3.8, 4) is 0 Å². The van der Waals surface area contributed by atoms with Crippen LogP contribution in [0, 0.1) is 5.41 Å². The van der Waals surface area contributed by atoms with Gasteiger partial charge in [-0.15, -0.1) is 0 Å². The van der Waals surface area contributed by atoms with Crippen molar-refractivity contribution >= 4 is 30.2 Å². The molecule has 2 atom stereocenters. The van der Waals surface area contributed by atoms with Crippen LogP contribution in [0.5, 0.6) is 0 Å². The van der Waals surface area contributed by atoms with Crippen LogP contribution in [0.2, 0.25) is 16.6 Å². The fourth-order valence-electron chi connectivity index (χ4n) is 4.88. The number of benzene rings is 1. The van der Waals surface area contributed by atoms with Gasteiger partial charge >= 0.3 is 5.97 Å². The Bertz CT molecular complexity index is 691. The van der Waals surface area contributed by atoms with Crippen molar-refractivity contribution in [2.45, 2.75) is 70.5 Å². The molecule has 0 heterocycles. The van der Waals surface area contributed by atoms with E-state index < -0.39 is 13.7 Å². The van der Waals surface area contributed by atoms with E-state index in [9.17, 15) is 4.79 Å². The molecule has 27 heavy (non-hydrogen) atoms. The molecule has 1 aliphatic carbocycles. The molecule has 150 valence electrons. The van der Waals surface area contributed by atoms with Crippen LogP contribution in [0.15, 0.2) is 41.1 Å². The molecule has 3 nitrogen and oxygen atoms in total. The molecule has 0 unspecified atom stereocenters. The van der Waals surface area contributed by atoms with Crippen LogP contribution in [-0.4, -0.2) is 21.4 Å². The molecule has 0 radical (unpaired) electrons. The maximum atomic E-state index is 12.9. The molecule has 1 fully saturated rings. The summed E-state index contributed by atoms with van der Waals surface area (Å²) in [5.41, 5.74) is 1.59. The van der Waals surface area contributed by atoms with E-state index in [0.717, 1.165) is 10.0 Å². The van der Waals surface area contributed by atoms with Gasteiger partial charge in [0.05, 0.1) is 12.9 Å². The summed E-state index contributed by atoms with van der Waals surface area (Å²) < 4.78 is 13.0. The standard InChI is InChI=1S/C22H33BrO3Si/c1-14(2)27(15(3)4,16(5)6)26-17(7)22(21(24)25-8)13-19(22)18-11-9-10-12-20(18)23/h9-12,14-16,19H,7,13H2,1-6,8H3/t19-,22-/m0/s1. The second kappa shape index (κ2) is 8.12. The molecule has 0 spiro atoms. The number of hydrogen-bond acceptors (Lipinski definition) is 3.